The van der Waals surface area contributed by atoms with Crippen molar-refractivity contribution in [1.29, 1.82) is 0 Å². The zero-order valence-electron chi connectivity index (χ0n) is 17.5. The first-order chi connectivity index (χ1) is 13.0. The summed E-state index contributed by atoms with van der Waals surface area (Å²) in [7, 11) is 0. The maximum absolute atomic E-state index is 13.1. The minimum absolute atomic E-state index is 0.00596. The summed E-state index contributed by atoms with van der Waals surface area (Å²) in [5, 5.41) is 4.01. The second-order valence-corrected chi connectivity index (χ2v) is 7.93. The van der Waals surface area contributed by atoms with Gasteiger partial charge >= 0.3 is 0 Å². The van der Waals surface area contributed by atoms with Crippen LogP contribution in [0.4, 0.5) is 0 Å². The molecule has 0 saturated heterocycles. The van der Waals surface area contributed by atoms with Gasteiger partial charge in [-0.05, 0) is 43.9 Å². The molecule has 0 aromatic heterocycles. The predicted molar refractivity (Wildman–Crippen MR) is 108 cm³/mol. The van der Waals surface area contributed by atoms with Gasteiger partial charge in [-0.1, -0.05) is 39.8 Å². The molecule has 154 valence electrons. The Morgan fingerprint density at radius 2 is 1.07 bits per heavy atom. The van der Waals surface area contributed by atoms with Crippen LogP contribution < -0.4 is 10.9 Å². The van der Waals surface area contributed by atoms with Crippen molar-refractivity contribution in [2.24, 2.45) is 23.7 Å². The Hall–Kier alpha value is -1.40. The molecule has 2 aliphatic rings. The van der Waals surface area contributed by atoms with E-state index in [-0.39, 0.29) is 35.5 Å². The fourth-order valence-electron chi connectivity index (χ4n) is 4.52. The van der Waals surface area contributed by atoms with E-state index < -0.39 is 0 Å². The fraction of sp³-hybridized carbons (Fsp3) is 0.810. The van der Waals surface area contributed by atoms with Gasteiger partial charge < -0.3 is 0 Å². The van der Waals surface area contributed by atoms with Crippen LogP contribution in [0, 0.1) is 23.7 Å². The first-order valence-corrected chi connectivity index (χ1v) is 10.8. The lowest BCUT2D eigenvalue weighted by Crippen LogP contribution is -2.52. The van der Waals surface area contributed by atoms with E-state index in [2.05, 4.69) is 50.7 Å². The first kappa shape index (κ1) is 21.9. The van der Waals surface area contributed by atoms with E-state index in [4.69, 9.17) is 0 Å². The first-order valence-electron chi connectivity index (χ1n) is 10.8. The van der Waals surface area contributed by atoms with Crippen molar-refractivity contribution in [3.63, 3.8) is 0 Å². The van der Waals surface area contributed by atoms with Gasteiger partial charge in [0.05, 0.1) is 11.8 Å². The van der Waals surface area contributed by atoms with Crippen molar-refractivity contribution in [3.8, 4) is 0 Å². The molecule has 4 atom stereocenters. The maximum Gasteiger partial charge on any atom is 0.238 e. The molecule has 0 heterocycles. The van der Waals surface area contributed by atoms with Gasteiger partial charge in [0, 0.05) is 26.2 Å². The van der Waals surface area contributed by atoms with Gasteiger partial charge in [0.15, 0.2) is 0 Å². The lowest BCUT2D eigenvalue weighted by molar-refractivity contribution is -0.140. The molecule has 0 aliphatic heterocycles. The van der Waals surface area contributed by atoms with E-state index in [1.807, 2.05) is 10.0 Å². The van der Waals surface area contributed by atoms with Gasteiger partial charge in [-0.2, -0.15) is 0 Å². The number of hydrogen-bond donors (Lipinski definition) is 2. The second-order valence-electron chi connectivity index (χ2n) is 7.93. The van der Waals surface area contributed by atoms with Crippen molar-refractivity contribution >= 4 is 11.8 Å². The number of hydrogen-bond acceptors (Lipinski definition) is 4. The highest BCUT2D eigenvalue weighted by molar-refractivity contribution is 5.89. The summed E-state index contributed by atoms with van der Waals surface area (Å²) in [5.41, 5.74) is 6.20. The van der Waals surface area contributed by atoms with Crippen LogP contribution in [-0.4, -0.2) is 48.0 Å². The number of allylic oxidation sites excluding steroid dienone is 2. The van der Waals surface area contributed by atoms with Gasteiger partial charge in [0.25, 0.3) is 0 Å². The number of nitrogens with zero attached hydrogens (tertiary/aromatic N) is 2. The monoisotopic (exact) mass is 378 g/mol. The summed E-state index contributed by atoms with van der Waals surface area (Å²) >= 11 is 0. The van der Waals surface area contributed by atoms with Crippen molar-refractivity contribution < 1.29 is 9.59 Å². The van der Waals surface area contributed by atoms with Crippen molar-refractivity contribution in [3.05, 3.63) is 12.2 Å². The third kappa shape index (κ3) is 5.55. The molecule has 0 spiro atoms. The van der Waals surface area contributed by atoms with Crippen LogP contribution in [0.5, 0.6) is 0 Å². The number of rotatable bonds is 12. The normalized spacial score (nSPS) is 26.1. The van der Waals surface area contributed by atoms with Crippen molar-refractivity contribution in [2.75, 3.05) is 26.2 Å². The summed E-state index contributed by atoms with van der Waals surface area (Å²) in [4.78, 5) is 26.1. The van der Waals surface area contributed by atoms with Gasteiger partial charge in [-0.3, -0.25) is 20.4 Å². The second kappa shape index (κ2) is 10.8. The van der Waals surface area contributed by atoms with Crippen molar-refractivity contribution in [2.45, 2.75) is 59.8 Å². The van der Waals surface area contributed by atoms with E-state index in [0.717, 1.165) is 58.3 Å². The number of amides is 2. The molecule has 0 aromatic rings. The van der Waals surface area contributed by atoms with Crippen LogP contribution in [0.25, 0.3) is 0 Å². The van der Waals surface area contributed by atoms with Crippen molar-refractivity contribution in [1.82, 2.24) is 20.9 Å². The Kier molecular flexibility index (Phi) is 8.77. The third-order valence-corrected chi connectivity index (χ3v) is 5.58. The van der Waals surface area contributed by atoms with Crippen LogP contribution in [-0.2, 0) is 9.59 Å². The quantitative estimate of drug-likeness (QED) is 0.405. The van der Waals surface area contributed by atoms with Crippen LogP contribution in [0.2, 0.25) is 0 Å². The largest absolute Gasteiger partial charge is 0.289 e. The topological polar surface area (TPSA) is 64.7 Å². The van der Waals surface area contributed by atoms with Crippen LogP contribution in [0.15, 0.2) is 12.2 Å². The Morgan fingerprint density at radius 3 is 1.37 bits per heavy atom. The van der Waals surface area contributed by atoms with Gasteiger partial charge in [0.2, 0.25) is 11.8 Å². The average Bonchev–Trinajstić information content (AvgIpc) is 3.23. The molecule has 6 nitrogen and oxygen atoms in total. The highest BCUT2D eigenvalue weighted by atomic mass is 16.2. The molecule has 2 N–H and O–H groups in total. The number of nitrogens with one attached hydrogen (secondary N) is 2. The van der Waals surface area contributed by atoms with E-state index in [0.29, 0.717) is 0 Å². The van der Waals surface area contributed by atoms with Gasteiger partial charge in [0.1, 0.15) is 0 Å². The molecule has 6 heteroatoms. The zero-order chi connectivity index (χ0) is 19.8. The van der Waals surface area contributed by atoms with E-state index in [1.165, 1.54) is 0 Å². The fourth-order valence-corrected chi connectivity index (χ4v) is 4.52. The zero-order valence-corrected chi connectivity index (χ0v) is 17.5. The number of carbonyl (C=O) groups excluding carboxylic acids is 2. The minimum atomic E-state index is -0.263. The molecular formula is C21H38N4O2. The Labute approximate surface area is 164 Å². The van der Waals surface area contributed by atoms with E-state index in [1.54, 1.807) is 0 Å². The average molecular weight is 379 g/mol. The lowest BCUT2D eigenvalue weighted by Gasteiger charge is -2.31. The standard InChI is InChI=1S/C21H38N4O2/c1-5-11-24(12-6-2)22-20(26)18-16-9-10-17(15-16)19(18)21(27)23-25(13-7-3)14-8-4/h9-10,16-19H,5-8,11-15H2,1-4H3,(H,22,26)(H,23,27)/t16-,17-,18-,19-/m0/s1. The molecule has 0 radical (unpaired) electrons. The highest BCUT2D eigenvalue weighted by Gasteiger charge is 2.51. The Morgan fingerprint density at radius 1 is 0.741 bits per heavy atom. The number of hydrazine groups is 2. The molecular weight excluding hydrogens is 340 g/mol. The Balaban J connectivity index is 2.06. The predicted octanol–water partition coefficient (Wildman–Crippen LogP) is 2.73. The molecule has 2 rings (SSSR count). The van der Waals surface area contributed by atoms with Crippen LogP contribution >= 0.6 is 0 Å². The van der Waals surface area contributed by atoms with Crippen LogP contribution in [0.3, 0.4) is 0 Å². The highest BCUT2D eigenvalue weighted by Crippen LogP contribution is 2.48. The van der Waals surface area contributed by atoms with E-state index in [9.17, 15) is 9.59 Å². The molecule has 1 saturated carbocycles. The van der Waals surface area contributed by atoms with Gasteiger partial charge in [-0.15, -0.1) is 0 Å². The summed E-state index contributed by atoms with van der Waals surface area (Å²) < 4.78 is 0. The summed E-state index contributed by atoms with van der Waals surface area (Å²) in [6.45, 7) is 11.8. The van der Waals surface area contributed by atoms with Crippen LogP contribution in [0.1, 0.15) is 59.8 Å². The maximum atomic E-state index is 13.1. The summed E-state index contributed by atoms with van der Waals surface area (Å²) in [6, 6.07) is 0. The molecule has 27 heavy (non-hydrogen) atoms. The lowest BCUT2D eigenvalue weighted by atomic mass is 9.82. The minimum Gasteiger partial charge on any atom is -0.289 e. The number of fused-ring (bicyclic) bond motifs is 2. The van der Waals surface area contributed by atoms with E-state index >= 15 is 0 Å². The molecule has 2 aliphatic carbocycles. The Bertz CT molecular complexity index is 466. The molecule has 1 fully saturated rings. The smallest absolute Gasteiger partial charge is 0.238 e. The van der Waals surface area contributed by atoms with Gasteiger partial charge in [-0.25, -0.2) is 10.0 Å². The molecule has 2 bridgehead atoms. The molecule has 0 unspecified atom stereocenters. The molecule has 2 amide bonds. The summed E-state index contributed by atoms with van der Waals surface area (Å²) in [5.74, 6) is -0.149. The summed E-state index contributed by atoms with van der Waals surface area (Å²) in [6.07, 6.45) is 9.15. The third-order valence-electron chi connectivity index (χ3n) is 5.58. The molecule has 0 aromatic carbocycles. The SMILES string of the molecule is CCCN(CCC)NC(=O)[C@@H]1[C@@H](C(=O)NN(CCC)CCC)[C@H]2C=C[C@H]1C2. The number of carbonyl (C=O) groups is 2.